The maximum atomic E-state index is 5.95. The van der Waals surface area contributed by atoms with Gasteiger partial charge in [-0.3, -0.25) is 0 Å². The van der Waals surface area contributed by atoms with Crippen LogP contribution in [0.5, 0.6) is 0 Å². The molecule has 3 nitrogen and oxygen atoms in total. The molecule has 0 saturated carbocycles. The van der Waals surface area contributed by atoms with Gasteiger partial charge in [0.05, 0.1) is 0 Å². The Morgan fingerprint density at radius 3 is 1.71 bits per heavy atom. The summed E-state index contributed by atoms with van der Waals surface area (Å²) in [5.41, 5.74) is 0.229. The molecule has 0 aromatic carbocycles. The number of nitrogens with zero attached hydrogens (tertiary/aromatic N) is 3. The zero-order valence-electron chi connectivity index (χ0n) is 7.15. The van der Waals surface area contributed by atoms with Gasteiger partial charge in [0, 0.05) is 5.66 Å². The smallest absolute Gasteiger partial charge is 0.203 e. The van der Waals surface area contributed by atoms with Gasteiger partial charge in [-0.25, -0.2) is 9.03 Å². The van der Waals surface area contributed by atoms with Crippen LogP contribution in [0.4, 0.5) is 0 Å². The van der Waals surface area contributed by atoms with E-state index in [-0.39, 0.29) is 5.66 Å². The third-order valence-corrected chi connectivity index (χ3v) is 19.8. The van der Waals surface area contributed by atoms with Gasteiger partial charge < -0.3 is 0 Å². The number of hydrogen-bond acceptors (Lipinski definition) is 3. The molecule has 0 aliphatic carbocycles. The van der Waals surface area contributed by atoms with E-state index in [0.29, 0.717) is 0 Å². The van der Waals surface area contributed by atoms with Crippen LogP contribution >= 0.6 is 83.7 Å². The monoisotopic (exact) mass is 445 g/mol. The molecule has 0 radical (unpaired) electrons. The molecule has 84 valence electrons. The number of rotatable bonds is 1. The van der Waals surface area contributed by atoms with Crippen molar-refractivity contribution in [3.05, 3.63) is 0 Å². The van der Waals surface area contributed by atoms with Crippen LogP contribution in [0.1, 0.15) is 13.8 Å². The maximum absolute atomic E-state index is 5.95. The third kappa shape index (κ3) is 3.81. The number of halogens is 5. The van der Waals surface area contributed by atoms with Gasteiger partial charge in [0.15, 0.2) is 0 Å². The summed E-state index contributed by atoms with van der Waals surface area (Å²) in [7, 11) is 0. The van der Waals surface area contributed by atoms with Crippen molar-refractivity contribution in [2.24, 2.45) is 13.5 Å². The lowest BCUT2D eigenvalue weighted by Gasteiger charge is -2.24. The Balaban J connectivity index is 3.49. The minimum absolute atomic E-state index is 0.229. The van der Waals surface area contributed by atoms with E-state index in [1.54, 1.807) is 0 Å². The minimum atomic E-state index is -2.71. The van der Waals surface area contributed by atoms with E-state index in [9.17, 15) is 0 Å². The molecule has 1 heterocycles. The topological polar surface area (TPSA) is 37.1 Å². The molecule has 11 heteroatoms. The second-order valence-corrected chi connectivity index (χ2v) is 19.9. The van der Waals surface area contributed by atoms with Crippen molar-refractivity contribution < 1.29 is 0 Å². The van der Waals surface area contributed by atoms with E-state index >= 15 is 0 Å². The first-order valence-corrected chi connectivity index (χ1v) is 15.0. The van der Waals surface area contributed by atoms with Crippen molar-refractivity contribution >= 4 is 83.7 Å². The summed E-state index contributed by atoms with van der Waals surface area (Å²) in [5.74, 6) is -5.41. The van der Waals surface area contributed by atoms with E-state index in [0.717, 1.165) is 0 Å². The van der Waals surface area contributed by atoms with E-state index in [1.807, 2.05) is 13.8 Å². The molecule has 0 amide bonds. The Hall–Kier alpha value is 2.58. The maximum Gasteiger partial charge on any atom is 0.256 e. The van der Waals surface area contributed by atoms with E-state index in [1.165, 1.54) is 0 Å². The Bertz CT molecular complexity index is 398. The highest BCUT2D eigenvalue weighted by Gasteiger charge is 2.33. The summed E-state index contributed by atoms with van der Waals surface area (Å²) in [6.07, 6.45) is 0. The SMILES string of the molecule is CC(C)P1(I)=NP(Cl)(Cl)=NP(Cl)(Cl)=N1. The molecule has 0 aromatic rings. The molecule has 0 fully saturated rings. The van der Waals surface area contributed by atoms with Crippen molar-refractivity contribution in [1.29, 1.82) is 0 Å². The molecule has 0 bridgehead atoms. The zero-order valence-corrected chi connectivity index (χ0v) is 15.0. The number of hydrogen-bond donors (Lipinski definition) is 0. The molecule has 1 aliphatic rings. The molecule has 1 aliphatic heterocycles. The molecular formula is C3H7Cl4IN3P3. The molecule has 1 rings (SSSR count). The normalized spacial score (nSPS) is 34.3. The first-order chi connectivity index (χ1) is 6.06. The Kier molecular flexibility index (Phi) is 4.90. The van der Waals surface area contributed by atoms with Gasteiger partial charge in [-0.2, -0.15) is 4.52 Å². The first-order valence-electron chi connectivity index (χ1n) is 3.46. The second kappa shape index (κ2) is 4.69. The lowest BCUT2D eigenvalue weighted by atomic mass is 10.6. The van der Waals surface area contributed by atoms with Crippen molar-refractivity contribution in [2.75, 3.05) is 0 Å². The van der Waals surface area contributed by atoms with E-state index in [2.05, 4.69) is 35.6 Å². The van der Waals surface area contributed by atoms with Gasteiger partial charge in [0.25, 0.3) is 11.8 Å². The average molecular weight is 447 g/mol. The largest absolute Gasteiger partial charge is 0.256 e. The standard InChI is InChI=1S/C3H7Cl4IN3P3/c1-3(2)12(8)9-13(4,5)11-14(6,7)10-12/h3H,1-2H3. The highest BCUT2D eigenvalue weighted by atomic mass is 127. The van der Waals surface area contributed by atoms with E-state index < -0.39 is 16.7 Å². The zero-order chi connectivity index (χ0) is 11.2. The van der Waals surface area contributed by atoms with Crippen LogP contribution in [0.3, 0.4) is 0 Å². The fourth-order valence-electron chi connectivity index (χ4n) is 0.692. The van der Waals surface area contributed by atoms with Crippen LogP contribution in [0, 0.1) is 0 Å². The fourth-order valence-corrected chi connectivity index (χ4v) is 24.8. The highest BCUT2D eigenvalue weighted by Crippen LogP contribution is 2.88. The third-order valence-electron chi connectivity index (χ3n) is 1.34. The molecule has 1 atom stereocenters. The van der Waals surface area contributed by atoms with Crippen molar-refractivity contribution in [3.63, 3.8) is 0 Å². The van der Waals surface area contributed by atoms with Crippen molar-refractivity contribution in [2.45, 2.75) is 19.5 Å². The molecule has 1 unspecified atom stereocenters. The molecule has 0 aromatic heterocycles. The molecule has 0 N–H and O–H groups in total. The minimum Gasteiger partial charge on any atom is -0.203 e. The molecule has 14 heavy (non-hydrogen) atoms. The molecule has 0 saturated heterocycles. The molecular weight excluding hydrogens is 440 g/mol. The lowest BCUT2D eigenvalue weighted by Crippen LogP contribution is -1.89. The average Bonchev–Trinajstić information content (AvgIpc) is 1.76. The quantitative estimate of drug-likeness (QED) is 0.292. The summed E-state index contributed by atoms with van der Waals surface area (Å²) in [6, 6.07) is 0. The predicted molar refractivity (Wildman–Crippen MR) is 80.6 cm³/mol. The summed E-state index contributed by atoms with van der Waals surface area (Å²) >= 11 is 26.0. The summed E-state index contributed by atoms with van der Waals surface area (Å²) < 4.78 is 12.5. The van der Waals surface area contributed by atoms with Gasteiger partial charge in [0.2, 0.25) is 0 Å². The van der Waals surface area contributed by atoms with E-state index in [4.69, 9.17) is 45.0 Å². The lowest BCUT2D eigenvalue weighted by molar-refractivity contribution is 1.09. The van der Waals surface area contributed by atoms with Gasteiger partial charge >= 0.3 is 0 Å². The van der Waals surface area contributed by atoms with Crippen LogP contribution in [0.2, 0.25) is 0 Å². The highest BCUT2D eigenvalue weighted by molar-refractivity contribution is 14.2. The summed E-state index contributed by atoms with van der Waals surface area (Å²) in [5, 5.41) is 0. The van der Waals surface area contributed by atoms with Crippen LogP contribution in [-0.4, -0.2) is 5.66 Å². The Morgan fingerprint density at radius 2 is 1.36 bits per heavy atom. The Morgan fingerprint density at radius 1 is 0.929 bits per heavy atom. The summed E-state index contributed by atoms with van der Waals surface area (Å²) in [4.78, 5) is -1.98. The van der Waals surface area contributed by atoms with Gasteiger partial charge in [-0.15, -0.1) is 0 Å². The van der Waals surface area contributed by atoms with Gasteiger partial charge in [-0.1, -0.05) is 13.8 Å². The Labute approximate surface area is 116 Å². The van der Waals surface area contributed by atoms with Crippen LogP contribution in [0.25, 0.3) is 0 Å². The second-order valence-electron chi connectivity index (χ2n) is 2.84. The van der Waals surface area contributed by atoms with Crippen LogP contribution < -0.4 is 0 Å². The van der Waals surface area contributed by atoms with Gasteiger partial charge in [0.1, 0.15) is 4.85 Å². The van der Waals surface area contributed by atoms with Crippen LogP contribution in [-0.2, 0) is 0 Å². The van der Waals surface area contributed by atoms with Crippen molar-refractivity contribution in [3.8, 4) is 0 Å². The van der Waals surface area contributed by atoms with Crippen molar-refractivity contribution in [1.82, 2.24) is 0 Å². The van der Waals surface area contributed by atoms with Gasteiger partial charge in [-0.05, 0) is 67.0 Å². The van der Waals surface area contributed by atoms with Crippen LogP contribution in [0.15, 0.2) is 13.5 Å². The summed E-state index contributed by atoms with van der Waals surface area (Å²) in [6.45, 7) is 4.00. The molecule has 0 spiro atoms. The first kappa shape index (κ1) is 14.6. The fraction of sp³-hybridized carbons (Fsp3) is 1.00. The predicted octanol–water partition coefficient (Wildman–Crippen LogP) is 7.72.